The first-order chi connectivity index (χ1) is 14.5. The molecule has 1 aromatic heterocycles. The van der Waals surface area contributed by atoms with Gasteiger partial charge < -0.3 is 4.74 Å². The average molecular weight is 420 g/mol. The number of pyridine rings is 1. The highest BCUT2D eigenvalue weighted by Crippen LogP contribution is 2.29. The van der Waals surface area contributed by atoms with Crippen LogP contribution in [0.3, 0.4) is 0 Å². The van der Waals surface area contributed by atoms with E-state index in [4.69, 9.17) is 4.74 Å². The van der Waals surface area contributed by atoms with E-state index in [0.29, 0.717) is 17.7 Å². The summed E-state index contributed by atoms with van der Waals surface area (Å²) in [6.07, 6.45) is 0.822. The molecular weight excluding hydrogens is 398 g/mol. The first kappa shape index (κ1) is 20.1. The molecule has 6 heteroatoms. The predicted molar refractivity (Wildman–Crippen MR) is 117 cm³/mol. The zero-order chi connectivity index (χ0) is 21.1. The summed E-state index contributed by atoms with van der Waals surface area (Å²) in [5.74, 6) is 0.790. The Hall–Kier alpha value is -3.22. The van der Waals surface area contributed by atoms with Gasteiger partial charge in [0.15, 0.2) is 0 Å². The lowest BCUT2D eigenvalue weighted by molar-refractivity contribution is 0.309. The number of hydrogen-bond donors (Lipinski definition) is 1. The van der Waals surface area contributed by atoms with E-state index in [2.05, 4.69) is 11.9 Å². The molecule has 0 bridgehead atoms. The fraction of sp³-hybridized carbons (Fsp3) is 0.125. The van der Waals surface area contributed by atoms with E-state index in [9.17, 15) is 13.0 Å². The second-order valence-corrected chi connectivity index (χ2v) is 8.33. The molecule has 4 aromatic rings. The van der Waals surface area contributed by atoms with Crippen molar-refractivity contribution in [1.29, 1.82) is 0 Å². The first-order valence-electron chi connectivity index (χ1n) is 9.63. The van der Waals surface area contributed by atoms with Crippen molar-refractivity contribution in [2.24, 2.45) is 0 Å². The topological polar surface area (TPSA) is 76.5 Å². The average Bonchev–Trinajstić information content (AvgIpc) is 2.77. The summed E-state index contributed by atoms with van der Waals surface area (Å²) in [4.78, 5) is 4.53. The van der Waals surface area contributed by atoms with E-state index in [0.717, 1.165) is 34.3 Å². The molecule has 0 radical (unpaired) electrons. The molecule has 0 aliphatic heterocycles. The molecule has 0 fully saturated rings. The van der Waals surface area contributed by atoms with Crippen LogP contribution in [0.4, 0.5) is 0 Å². The van der Waals surface area contributed by atoms with Gasteiger partial charge in [0.05, 0.1) is 5.52 Å². The van der Waals surface area contributed by atoms with Crippen molar-refractivity contribution in [3.05, 3.63) is 90.1 Å². The summed E-state index contributed by atoms with van der Waals surface area (Å²) in [5.41, 5.74) is 3.99. The number of rotatable bonds is 6. The molecule has 30 heavy (non-hydrogen) atoms. The van der Waals surface area contributed by atoms with Crippen LogP contribution >= 0.6 is 0 Å². The lowest BCUT2D eigenvalue weighted by Gasteiger charge is -2.12. The van der Waals surface area contributed by atoms with Crippen LogP contribution in [-0.4, -0.2) is 18.0 Å². The van der Waals surface area contributed by atoms with Gasteiger partial charge in [-0.1, -0.05) is 61.5 Å². The molecule has 0 spiro atoms. The summed E-state index contributed by atoms with van der Waals surface area (Å²) >= 11 is 0. The molecule has 152 valence electrons. The Labute approximate surface area is 175 Å². The van der Waals surface area contributed by atoms with Crippen LogP contribution < -0.4 is 4.74 Å². The van der Waals surface area contributed by atoms with Crippen LogP contribution in [0, 0.1) is 0 Å². The maximum Gasteiger partial charge on any atom is 0.295 e. The Balaban J connectivity index is 1.58. The number of benzene rings is 3. The van der Waals surface area contributed by atoms with Gasteiger partial charge in [-0.25, -0.2) is 0 Å². The molecule has 0 saturated heterocycles. The Morgan fingerprint density at radius 2 is 1.63 bits per heavy atom. The molecule has 0 unspecified atom stereocenters. The Bertz CT molecular complexity index is 1300. The molecule has 0 aliphatic rings. The molecule has 5 nitrogen and oxygen atoms in total. The standard InChI is InChI=1S/C24H21NO4S/c1-2-19-15-23(21-8-3-5-9-22(21)25-19)29-16-17-11-13-18(14-12-17)20-7-4-6-10-24(20)30(26,27)28/h3-15H,2,16H2,1H3,(H,26,27,28). The Morgan fingerprint density at radius 3 is 2.37 bits per heavy atom. The second kappa shape index (κ2) is 8.26. The normalized spacial score (nSPS) is 11.5. The molecule has 1 heterocycles. The van der Waals surface area contributed by atoms with Crippen LogP contribution in [0.25, 0.3) is 22.0 Å². The van der Waals surface area contributed by atoms with Gasteiger partial charge in [-0.15, -0.1) is 0 Å². The summed E-state index contributed by atoms with van der Waals surface area (Å²) in [5, 5.41) is 0.966. The third-order valence-electron chi connectivity index (χ3n) is 4.92. The molecule has 0 saturated carbocycles. The monoisotopic (exact) mass is 419 g/mol. The second-order valence-electron chi connectivity index (χ2n) is 6.94. The zero-order valence-corrected chi connectivity index (χ0v) is 17.3. The lowest BCUT2D eigenvalue weighted by atomic mass is 10.0. The van der Waals surface area contributed by atoms with Crippen LogP contribution in [-0.2, 0) is 23.1 Å². The van der Waals surface area contributed by atoms with Crippen molar-refractivity contribution in [2.45, 2.75) is 24.8 Å². The highest BCUT2D eigenvalue weighted by atomic mass is 32.2. The third kappa shape index (κ3) is 4.20. The van der Waals surface area contributed by atoms with Crippen molar-refractivity contribution >= 4 is 21.0 Å². The minimum absolute atomic E-state index is 0.107. The van der Waals surface area contributed by atoms with Gasteiger partial charge >= 0.3 is 0 Å². The molecule has 1 N–H and O–H groups in total. The van der Waals surface area contributed by atoms with Crippen molar-refractivity contribution in [3.8, 4) is 16.9 Å². The van der Waals surface area contributed by atoms with E-state index in [1.54, 1.807) is 18.2 Å². The molecule has 3 aromatic carbocycles. The molecule has 0 aliphatic carbocycles. The largest absolute Gasteiger partial charge is 0.488 e. The van der Waals surface area contributed by atoms with E-state index in [-0.39, 0.29) is 4.90 Å². The number of ether oxygens (including phenoxy) is 1. The molecular formula is C24H21NO4S. The fourth-order valence-corrected chi connectivity index (χ4v) is 4.08. The Kier molecular flexibility index (Phi) is 5.53. The van der Waals surface area contributed by atoms with Gasteiger partial charge in [0.1, 0.15) is 17.3 Å². The van der Waals surface area contributed by atoms with Gasteiger partial charge in [-0.05, 0) is 35.7 Å². The maximum atomic E-state index is 11.6. The highest BCUT2D eigenvalue weighted by molar-refractivity contribution is 7.86. The van der Waals surface area contributed by atoms with Crippen LogP contribution in [0.2, 0.25) is 0 Å². The number of aromatic nitrogens is 1. The van der Waals surface area contributed by atoms with Crippen molar-refractivity contribution in [3.63, 3.8) is 0 Å². The van der Waals surface area contributed by atoms with Crippen molar-refractivity contribution in [2.75, 3.05) is 0 Å². The van der Waals surface area contributed by atoms with Crippen LogP contribution in [0.5, 0.6) is 5.75 Å². The fourth-order valence-electron chi connectivity index (χ4n) is 3.37. The smallest absolute Gasteiger partial charge is 0.295 e. The number of nitrogens with zero attached hydrogens (tertiary/aromatic N) is 1. The zero-order valence-electron chi connectivity index (χ0n) is 16.4. The van der Waals surface area contributed by atoms with E-state index < -0.39 is 10.1 Å². The lowest BCUT2D eigenvalue weighted by Crippen LogP contribution is -2.01. The van der Waals surface area contributed by atoms with Gasteiger partial charge in [0.25, 0.3) is 10.1 Å². The summed E-state index contributed by atoms with van der Waals surface area (Å²) in [6, 6.07) is 23.7. The quantitative estimate of drug-likeness (QED) is 0.430. The number of aryl methyl sites for hydroxylation is 1. The van der Waals surface area contributed by atoms with Gasteiger partial charge in [0, 0.05) is 22.7 Å². The molecule has 4 rings (SSSR count). The summed E-state index contributed by atoms with van der Waals surface area (Å²) in [7, 11) is -4.30. The van der Waals surface area contributed by atoms with E-state index in [1.807, 2.05) is 54.6 Å². The number of para-hydroxylation sites is 1. The first-order valence-corrected chi connectivity index (χ1v) is 11.1. The minimum Gasteiger partial charge on any atom is -0.488 e. The maximum absolute atomic E-state index is 11.6. The summed E-state index contributed by atoms with van der Waals surface area (Å²) in [6.45, 7) is 2.43. The SMILES string of the molecule is CCc1cc(OCc2ccc(-c3ccccc3S(=O)(=O)O)cc2)c2ccccc2n1. The summed E-state index contributed by atoms with van der Waals surface area (Å²) < 4.78 is 38.9. The Morgan fingerprint density at radius 1 is 0.933 bits per heavy atom. The number of fused-ring (bicyclic) bond motifs is 1. The van der Waals surface area contributed by atoms with Crippen molar-refractivity contribution < 1.29 is 17.7 Å². The van der Waals surface area contributed by atoms with Crippen molar-refractivity contribution in [1.82, 2.24) is 4.98 Å². The molecule has 0 atom stereocenters. The van der Waals surface area contributed by atoms with E-state index >= 15 is 0 Å². The van der Waals surface area contributed by atoms with E-state index in [1.165, 1.54) is 6.07 Å². The predicted octanol–water partition coefficient (Wildman–Crippen LogP) is 5.29. The third-order valence-corrected chi connectivity index (χ3v) is 5.83. The van der Waals surface area contributed by atoms with Gasteiger partial charge in [-0.2, -0.15) is 8.42 Å². The highest BCUT2D eigenvalue weighted by Gasteiger charge is 2.15. The van der Waals surface area contributed by atoms with Crippen LogP contribution in [0.15, 0.2) is 83.8 Å². The van der Waals surface area contributed by atoms with Gasteiger partial charge in [-0.3, -0.25) is 9.54 Å². The minimum atomic E-state index is -4.30. The van der Waals surface area contributed by atoms with Gasteiger partial charge in [0.2, 0.25) is 0 Å². The van der Waals surface area contributed by atoms with Crippen LogP contribution in [0.1, 0.15) is 18.2 Å². The molecule has 0 amide bonds. The number of hydrogen-bond acceptors (Lipinski definition) is 4.